The Morgan fingerprint density at radius 1 is 1.65 bits per heavy atom. The smallest absolute Gasteiger partial charge is 0.224 e. The lowest BCUT2D eigenvalue weighted by atomic mass is 9.97. The van der Waals surface area contributed by atoms with Gasteiger partial charge in [0.05, 0.1) is 12.1 Å². The summed E-state index contributed by atoms with van der Waals surface area (Å²) in [4.78, 5) is 22.0. The molecule has 3 N–H and O–H groups in total. The van der Waals surface area contributed by atoms with Gasteiger partial charge in [0, 0.05) is 19.6 Å². The van der Waals surface area contributed by atoms with Gasteiger partial charge in [-0.3, -0.25) is 4.79 Å². The van der Waals surface area contributed by atoms with E-state index in [0.717, 1.165) is 32.4 Å². The standard InChI is InChI=1S/C13H20ClN5O/c1-2-5-16-13-17-7-10(14)12(18-13)19-6-3-4-9(8-19)11(15)20/h7,9H,2-6,8H2,1H3,(H2,15,20)(H,16,17,18). The number of rotatable bonds is 5. The van der Waals surface area contributed by atoms with Gasteiger partial charge in [-0.05, 0) is 19.3 Å². The largest absolute Gasteiger partial charge is 0.369 e. The van der Waals surface area contributed by atoms with Crippen LogP contribution in [0.5, 0.6) is 0 Å². The van der Waals surface area contributed by atoms with Gasteiger partial charge in [0.25, 0.3) is 0 Å². The summed E-state index contributed by atoms with van der Waals surface area (Å²) in [5.74, 6) is 0.838. The third-order valence-electron chi connectivity index (χ3n) is 3.38. The van der Waals surface area contributed by atoms with E-state index in [-0.39, 0.29) is 11.8 Å². The number of hydrogen-bond donors (Lipinski definition) is 2. The van der Waals surface area contributed by atoms with E-state index < -0.39 is 0 Å². The van der Waals surface area contributed by atoms with Crippen LogP contribution < -0.4 is 16.0 Å². The van der Waals surface area contributed by atoms with Gasteiger partial charge in [0.1, 0.15) is 5.02 Å². The Hall–Kier alpha value is -1.56. The van der Waals surface area contributed by atoms with E-state index in [1.165, 1.54) is 0 Å². The number of hydrogen-bond acceptors (Lipinski definition) is 5. The first-order chi connectivity index (χ1) is 9.61. The van der Waals surface area contributed by atoms with Crippen molar-refractivity contribution in [2.75, 3.05) is 29.9 Å². The molecule has 1 unspecified atom stereocenters. The van der Waals surface area contributed by atoms with Gasteiger partial charge in [-0.25, -0.2) is 4.98 Å². The number of nitrogens with one attached hydrogen (secondary N) is 1. The first-order valence-corrected chi connectivity index (χ1v) is 7.30. The van der Waals surface area contributed by atoms with E-state index >= 15 is 0 Å². The van der Waals surface area contributed by atoms with E-state index in [1.807, 2.05) is 4.90 Å². The van der Waals surface area contributed by atoms with Crippen LogP contribution in [0.4, 0.5) is 11.8 Å². The number of carbonyl (C=O) groups excluding carboxylic acids is 1. The van der Waals surface area contributed by atoms with Crippen molar-refractivity contribution in [3.8, 4) is 0 Å². The monoisotopic (exact) mass is 297 g/mol. The van der Waals surface area contributed by atoms with Crippen LogP contribution in [0.25, 0.3) is 0 Å². The molecule has 2 heterocycles. The lowest BCUT2D eigenvalue weighted by Gasteiger charge is -2.32. The van der Waals surface area contributed by atoms with Crippen molar-refractivity contribution >= 4 is 29.3 Å². The van der Waals surface area contributed by atoms with Crippen LogP contribution in [0, 0.1) is 5.92 Å². The molecule has 0 aliphatic carbocycles. The van der Waals surface area contributed by atoms with E-state index in [0.29, 0.717) is 23.3 Å². The van der Waals surface area contributed by atoms with Crippen LogP contribution in [-0.2, 0) is 4.79 Å². The van der Waals surface area contributed by atoms with Gasteiger partial charge in [0.2, 0.25) is 11.9 Å². The van der Waals surface area contributed by atoms with Crippen molar-refractivity contribution in [1.82, 2.24) is 9.97 Å². The SMILES string of the molecule is CCCNc1ncc(Cl)c(N2CCCC(C(N)=O)C2)n1. The van der Waals surface area contributed by atoms with Gasteiger partial charge in [-0.2, -0.15) is 4.98 Å². The molecule has 1 amide bonds. The summed E-state index contributed by atoms with van der Waals surface area (Å²) in [6, 6.07) is 0. The van der Waals surface area contributed by atoms with E-state index in [1.54, 1.807) is 6.20 Å². The fourth-order valence-corrected chi connectivity index (χ4v) is 2.51. The van der Waals surface area contributed by atoms with E-state index in [2.05, 4.69) is 22.2 Å². The van der Waals surface area contributed by atoms with Crippen LogP contribution in [0.1, 0.15) is 26.2 Å². The zero-order valence-corrected chi connectivity index (χ0v) is 12.4. The summed E-state index contributed by atoms with van der Waals surface area (Å²) in [6.45, 7) is 4.28. The molecule has 20 heavy (non-hydrogen) atoms. The summed E-state index contributed by atoms with van der Waals surface area (Å²) in [6.07, 6.45) is 4.33. The highest BCUT2D eigenvalue weighted by Crippen LogP contribution is 2.28. The quantitative estimate of drug-likeness (QED) is 0.863. The number of anilines is 2. The summed E-state index contributed by atoms with van der Waals surface area (Å²) in [7, 11) is 0. The minimum Gasteiger partial charge on any atom is -0.369 e. The highest BCUT2D eigenvalue weighted by molar-refractivity contribution is 6.32. The highest BCUT2D eigenvalue weighted by Gasteiger charge is 2.26. The van der Waals surface area contributed by atoms with Gasteiger partial charge in [-0.1, -0.05) is 18.5 Å². The molecule has 6 nitrogen and oxygen atoms in total. The second-order valence-corrected chi connectivity index (χ2v) is 5.39. The lowest BCUT2D eigenvalue weighted by molar-refractivity contribution is -0.122. The molecule has 1 aromatic rings. The van der Waals surface area contributed by atoms with Crippen molar-refractivity contribution in [1.29, 1.82) is 0 Å². The maximum atomic E-state index is 11.3. The number of primary amides is 1. The Labute approximate surface area is 123 Å². The van der Waals surface area contributed by atoms with Crippen LogP contribution in [0.15, 0.2) is 6.20 Å². The molecule has 1 aliphatic heterocycles. The zero-order valence-electron chi connectivity index (χ0n) is 11.6. The molecule has 0 bridgehead atoms. The second kappa shape index (κ2) is 6.74. The fourth-order valence-electron chi connectivity index (χ4n) is 2.30. The lowest BCUT2D eigenvalue weighted by Crippen LogP contribution is -2.41. The molecule has 1 fully saturated rings. The van der Waals surface area contributed by atoms with Crippen LogP contribution >= 0.6 is 11.6 Å². The molecule has 0 spiro atoms. The summed E-state index contributed by atoms with van der Waals surface area (Å²) >= 11 is 6.18. The summed E-state index contributed by atoms with van der Waals surface area (Å²) < 4.78 is 0. The number of aromatic nitrogens is 2. The van der Waals surface area contributed by atoms with Crippen molar-refractivity contribution in [2.45, 2.75) is 26.2 Å². The number of nitrogens with zero attached hydrogens (tertiary/aromatic N) is 3. The minimum atomic E-state index is -0.260. The molecule has 110 valence electrons. The van der Waals surface area contributed by atoms with Crippen molar-refractivity contribution in [3.05, 3.63) is 11.2 Å². The number of carbonyl (C=O) groups is 1. The van der Waals surface area contributed by atoms with Crippen molar-refractivity contribution in [2.24, 2.45) is 11.7 Å². The fraction of sp³-hybridized carbons (Fsp3) is 0.615. The van der Waals surface area contributed by atoms with Gasteiger partial charge in [0.15, 0.2) is 5.82 Å². The molecular formula is C13H20ClN5O. The predicted octanol–water partition coefficient (Wildman–Crippen LogP) is 1.65. The third-order valence-corrected chi connectivity index (χ3v) is 3.65. The predicted molar refractivity (Wildman–Crippen MR) is 80.0 cm³/mol. The Bertz CT molecular complexity index is 482. The minimum absolute atomic E-state index is 0.137. The maximum absolute atomic E-state index is 11.3. The zero-order chi connectivity index (χ0) is 14.5. The molecule has 2 rings (SSSR count). The Balaban J connectivity index is 2.15. The molecule has 0 aromatic carbocycles. The molecule has 0 radical (unpaired) electrons. The maximum Gasteiger partial charge on any atom is 0.224 e. The third kappa shape index (κ3) is 3.50. The Morgan fingerprint density at radius 2 is 2.45 bits per heavy atom. The van der Waals surface area contributed by atoms with Crippen LogP contribution in [-0.4, -0.2) is 35.5 Å². The second-order valence-electron chi connectivity index (χ2n) is 4.98. The average molecular weight is 298 g/mol. The first kappa shape index (κ1) is 14.8. The number of piperidine rings is 1. The molecule has 1 aromatic heterocycles. The Morgan fingerprint density at radius 3 is 3.15 bits per heavy atom. The molecule has 7 heteroatoms. The molecule has 1 saturated heterocycles. The normalized spacial score (nSPS) is 18.9. The topological polar surface area (TPSA) is 84.1 Å². The molecule has 0 saturated carbocycles. The summed E-state index contributed by atoms with van der Waals surface area (Å²) in [5, 5.41) is 3.63. The van der Waals surface area contributed by atoms with Gasteiger partial charge >= 0.3 is 0 Å². The van der Waals surface area contributed by atoms with Gasteiger partial charge < -0.3 is 16.0 Å². The molecular weight excluding hydrogens is 278 g/mol. The van der Waals surface area contributed by atoms with Crippen molar-refractivity contribution < 1.29 is 4.79 Å². The van der Waals surface area contributed by atoms with E-state index in [4.69, 9.17) is 17.3 Å². The van der Waals surface area contributed by atoms with E-state index in [9.17, 15) is 4.79 Å². The summed E-state index contributed by atoms with van der Waals surface area (Å²) in [5.41, 5.74) is 5.40. The van der Waals surface area contributed by atoms with Gasteiger partial charge in [-0.15, -0.1) is 0 Å². The molecule has 1 aliphatic rings. The molecule has 1 atom stereocenters. The Kier molecular flexibility index (Phi) is 5.00. The number of halogens is 1. The van der Waals surface area contributed by atoms with Crippen LogP contribution in [0.2, 0.25) is 5.02 Å². The number of nitrogens with two attached hydrogens (primary N) is 1. The van der Waals surface area contributed by atoms with Crippen LogP contribution in [0.3, 0.4) is 0 Å². The highest BCUT2D eigenvalue weighted by atomic mass is 35.5. The first-order valence-electron chi connectivity index (χ1n) is 6.92. The number of amides is 1. The van der Waals surface area contributed by atoms with Crippen molar-refractivity contribution in [3.63, 3.8) is 0 Å². The average Bonchev–Trinajstić information content (AvgIpc) is 2.46.